The minimum Gasteiger partial charge on any atom is -0.384 e. The number of rotatable bonds is 5. The van der Waals surface area contributed by atoms with E-state index in [-0.39, 0.29) is 5.56 Å². The van der Waals surface area contributed by atoms with Crippen LogP contribution in [0.3, 0.4) is 0 Å². The van der Waals surface area contributed by atoms with Gasteiger partial charge in [-0.1, -0.05) is 6.58 Å². The maximum Gasteiger partial charge on any atom is 0.252 e. The number of amides is 1. The maximum atomic E-state index is 11.5. The van der Waals surface area contributed by atoms with Crippen molar-refractivity contribution >= 4 is 50.2 Å². The standard InChI is InChI=1S/C14H18B2N6O/c1-3-22-13(9(15)6-20-22)12(16)7(2)21-10-4-11(17)19-5-8(10)14(18)23/h3-6H,1,15-16H2,2H3,(H2,18,23)(H3,17,19,21)/b12-7-. The first-order valence-corrected chi connectivity index (χ1v) is 7.02. The Kier molecular flexibility index (Phi) is 4.59. The molecular weight excluding hydrogens is 290 g/mol. The second-order valence-corrected chi connectivity index (χ2v) is 5.20. The number of hydrogen-bond donors (Lipinski definition) is 3. The highest BCUT2D eigenvalue weighted by Gasteiger charge is 2.13. The van der Waals surface area contributed by atoms with Crippen molar-refractivity contribution in [1.82, 2.24) is 14.8 Å². The lowest BCUT2D eigenvalue weighted by Gasteiger charge is -2.15. The average Bonchev–Trinajstić information content (AvgIpc) is 2.87. The predicted octanol–water partition coefficient (Wildman–Crippen LogP) is -1.25. The number of primary amides is 1. The molecule has 9 heteroatoms. The van der Waals surface area contributed by atoms with Crippen LogP contribution in [0.1, 0.15) is 23.0 Å². The monoisotopic (exact) mass is 308 g/mol. The Morgan fingerprint density at radius 2 is 2.17 bits per heavy atom. The summed E-state index contributed by atoms with van der Waals surface area (Å²) in [6.07, 6.45) is 4.77. The van der Waals surface area contributed by atoms with Gasteiger partial charge >= 0.3 is 0 Å². The predicted molar refractivity (Wildman–Crippen MR) is 98.7 cm³/mol. The molecular formula is C14H18B2N6O. The molecule has 116 valence electrons. The van der Waals surface area contributed by atoms with Gasteiger partial charge in [0.2, 0.25) is 0 Å². The normalized spacial score (nSPS) is 11.7. The number of nitrogens with one attached hydrogen (secondary N) is 1. The zero-order chi connectivity index (χ0) is 17.1. The molecule has 0 unspecified atom stereocenters. The lowest BCUT2D eigenvalue weighted by molar-refractivity contribution is 0.100. The van der Waals surface area contributed by atoms with Gasteiger partial charge in [-0.25, -0.2) is 9.67 Å². The first-order valence-electron chi connectivity index (χ1n) is 7.02. The van der Waals surface area contributed by atoms with Crippen molar-refractivity contribution in [2.45, 2.75) is 6.92 Å². The molecule has 0 aromatic carbocycles. The van der Waals surface area contributed by atoms with Crippen molar-refractivity contribution in [2.24, 2.45) is 5.73 Å². The lowest BCUT2D eigenvalue weighted by atomic mass is 9.83. The molecule has 0 fully saturated rings. The van der Waals surface area contributed by atoms with E-state index in [1.807, 2.05) is 22.6 Å². The van der Waals surface area contributed by atoms with E-state index in [1.165, 1.54) is 6.20 Å². The van der Waals surface area contributed by atoms with Crippen molar-refractivity contribution in [1.29, 1.82) is 0 Å². The molecule has 0 aliphatic carbocycles. The van der Waals surface area contributed by atoms with Crippen LogP contribution in [-0.2, 0) is 0 Å². The molecule has 2 aromatic heterocycles. The van der Waals surface area contributed by atoms with Crippen LogP contribution < -0.4 is 22.2 Å². The van der Waals surface area contributed by atoms with Crippen molar-refractivity contribution < 1.29 is 4.79 Å². The van der Waals surface area contributed by atoms with Gasteiger partial charge in [0.25, 0.3) is 5.91 Å². The summed E-state index contributed by atoms with van der Waals surface area (Å²) in [7, 11) is 3.93. The molecule has 1 amide bonds. The van der Waals surface area contributed by atoms with Gasteiger partial charge in [0.1, 0.15) is 21.5 Å². The summed E-state index contributed by atoms with van der Waals surface area (Å²) < 4.78 is 1.70. The van der Waals surface area contributed by atoms with E-state index in [1.54, 1.807) is 23.1 Å². The van der Waals surface area contributed by atoms with Gasteiger partial charge in [0.05, 0.1) is 16.9 Å². The number of aromatic nitrogens is 3. The van der Waals surface area contributed by atoms with Gasteiger partial charge in [0, 0.05) is 30.4 Å². The van der Waals surface area contributed by atoms with Crippen molar-refractivity contribution in [3.63, 3.8) is 0 Å². The van der Waals surface area contributed by atoms with E-state index in [0.717, 1.165) is 22.3 Å². The largest absolute Gasteiger partial charge is 0.384 e. The molecule has 23 heavy (non-hydrogen) atoms. The average molecular weight is 308 g/mol. The van der Waals surface area contributed by atoms with Crippen LogP contribution in [0.15, 0.2) is 30.7 Å². The number of anilines is 2. The second-order valence-electron chi connectivity index (χ2n) is 5.20. The molecule has 0 radical (unpaired) electrons. The molecule has 0 saturated carbocycles. The number of carbonyl (C=O) groups is 1. The SMILES string of the molecule is B/C(=C(/C)Nc1cc(N)ncc1C(N)=O)c1c(B)cnn1C=C. The fraction of sp³-hybridized carbons (Fsp3) is 0.0714. The molecule has 0 saturated heterocycles. The summed E-state index contributed by atoms with van der Waals surface area (Å²) in [6, 6.07) is 1.58. The third-order valence-corrected chi connectivity index (χ3v) is 3.58. The van der Waals surface area contributed by atoms with Gasteiger partial charge in [-0.2, -0.15) is 5.10 Å². The summed E-state index contributed by atoms with van der Waals surface area (Å²) in [5, 5.41) is 7.42. The minimum absolute atomic E-state index is 0.278. The Morgan fingerprint density at radius 1 is 1.48 bits per heavy atom. The van der Waals surface area contributed by atoms with Crippen LogP contribution in [0.2, 0.25) is 0 Å². The van der Waals surface area contributed by atoms with Gasteiger partial charge in [-0.05, 0) is 17.9 Å². The van der Waals surface area contributed by atoms with Gasteiger partial charge in [-0.15, -0.1) is 0 Å². The lowest BCUT2D eigenvalue weighted by Crippen LogP contribution is -2.16. The Labute approximate surface area is 136 Å². The Morgan fingerprint density at radius 3 is 2.78 bits per heavy atom. The van der Waals surface area contributed by atoms with Crippen LogP contribution in [0, 0.1) is 0 Å². The van der Waals surface area contributed by atoms with E-state index in [9.17, 15) is 4.79 Å². The fourth-order valence-corrected chi connectivity index (χ4v) is 2.30. The summed E-state index contributed by atoms with van der Waals surface area (Å²) in [5.41, 5.74) is 15.6. The van der Waals surface area contributed by atoms with Crippen LogP contribution in [0.5, 0.6) is 0 Å². The van der Waals surface area contributed by atoms with E-state index in [2.05, 4.69) is 22.0 Å². The van der Waals surface area contributed by atoms with Crippen molar-refractivity contribution in [2.75, 3.05) is 11.1 Å². The first-order chi connectivity index (χ1) is 10.8. The Bertz CT molecular complexity index is 812. The van der Waals surface area contributed by atoms with Crippen molar-refractivity contribution in [3.05, 3.63) is 42.0 Å². The molecule has 0 bridgehead atoms. The highest BCUT2D eigenvalue weighted by atomic mass is 16.1. The Balaban J connectivity index is 2.47. The minimum atomic E-state index is -0.572. The number of nitrogens with zero attached hydrogens (tertiary/aromatic N) is 3. The van der Waals surface area contributed by atoms with Crippen LogP contribution in [0.4, 0.5) is 11.5 Å². The number of nitrogens with two attached hydrogens (primary N) is 2. The number of carbonyl (C=O) groups excluding carboxylic acids is 1. The highest BCUT2D eigenvalue weighted by Crippen LogP contribution is 2.21. The molecule has 0 spiro atoms. The number of allylic oxidation sites excluding steroid dienone is 1. The van der Waals surface area contributed by atoms with Crippen LogP contribution in [0.25, 0.3) is 11.7 Å². The van der Waals surface area contributed by atoms with Crippen molar-refractivity contribution in [3.8, 4) is 0 Å². The van der Waals surface area contributed by atoms with Gasteiger partial charge in [-0.3, -0.25) is 4.79 Å². The van der Waals surface area contributed by atoms with Crippen LogP contribution >= 0.6 is 0 Å². The molecule has 0 atom stereocenters. The van der Waals surface area contributed by atoms with E-state index >= 15 is 0 Å². The molecule has 2 heterocycles. The number of nitrogen functional groups attached to an aromatic ring is 1. The highest BCUT2D eigenvalue weighted by molar-refractivity contribution is 6.47. The molecule has 2 aromatic rings. The topological polar surface area (TPSA) is 112 Å². The molecule has 5 N–H and O–H groups in total. The molecule has 0 aliphatic rings. The second kappa shape index (κ2) is 6.43. The van der Waals surface area contributed by atoms with E-state index in [4.69, 9.17) is 11.5 Å². The van der Waals surface area contributed by atoms with Gasteiger partial charge in [0.15, 0.2) is 0 Å². The summed E-state index contributed by atoms with van der Waals surface area (Å²) in [5.74, 6) is -0.270. The fourth-order valence-electron chi connectivity index (χ4n) is 2.30. The molecule has 2 rings (SSSR count). The summed E-state index contributed by atoms with van der Waals surface area (Å²) in [6.45, 7) is 5.65. The Hall–Kier alpha value is -2.96. The summed E-state index contributed by atoms with van der Waals surface area (Å²) in [4.78, 5) is 15.4. The number of pyridine rings is 1. The molecule has 0 aliphatic heterocycles. The zero-order valence-electron chi connectivity index (χ0n) is 13.4. The quantitative estimate of drug-likeness (QED) is 0.598. The third kappa shape index (κ3) is 3.28. The smallest absolute Gasteiger partial charge is 0.252 e. The third-order valence-electron chi connectivity index (χ3n) is 3.58. The van der Waals surface area contributed by atoms with Gasteiger partial charge < -0.3 is 16.8 Å². The molecule has 7 nitrogen and oxygen atoms in total. The maximum absolute atomic E-state index is 11.5. The van der Waals surface area contributed by atoms with E-state index < -0.39 is 5.91 Å². The summed E-state index contributed by atoms with van der Waals surface area (Å²) >= 11 is 0. The van der Waals surface area contributed by atoms with Crippen LogP contribution in [-0.4, -0.2) is 36.4 Å². The number of hydrogen-bond acceptors (Lipinski definition) is 5. The first kappa shape index (κ1) is 16.4. The van der Waals surface area contributed by atoms with E-state index in [0.29, 0.717) is 11.5 Å². The zero-order valence-corrected chi connectivity index (χ0v) is 13.4.